The molecule has 2 aliphatic rings. The zero-order valence-electron chi connectivity index (χ0n) is 16.0. The van der Waals surface area contributed by atoms with E-state index in [1.165, 1.54) is 6.08 Å². The van der Waals surface area contributed by atoms with Gasteiger partial charge < -0.3 is 18.9 Å². The molecule has 1 aromatic rings. The van der Waals surface area contributed by atoms with Crippen LogP contribution in [0.5, 0.6) is 5.75 Å². The van der Waals surface area contributed by atoms with Gasteiger partial charge in [-0.3, -0.25) is 4.72 Å². The van der Waals surface area contributed by atoms with Crippen molar-refractivity contribution in [2.75, 3.05) is 31.1 Å². The Morgan fingerprint density at radius 1 is 1.21 bits per heavy atom. The van der Waals surface area contributed by atoms with Crippen molar-refractivity contribution in [2.45, 2.75) is 37.7 Å². The highest BCUT2D eigenvalue weighted by Gasteiger charge is 2.46. The lowest BCUT2D eigenvalue weighted by Gasteiger charge is -2.33. The summed E-state index contributed by atoms with van der Waals surface area (Å²) in [5, 5.41) is -1.08. The third-order valence-corrected chi connectivity index (χ3v) is 6.32. The number of carbonyl (C=O) groups excluding carboxylic acids is 1. The molecule has 0 radical (unpaired) electrons. The fourth-order valence-corrected chi connectivity index (χ4v) is 4.92. The zero-order valence-corrected chi connectivity index (χ0v) is 16.8. The van der Waals surface area contributed by atoms with E-state index in [9.17, 15) is 13.2 Å². The van der Waals surface area contributed by atoms with Crippen molar-refractivity contribution < 1.29 is 32.2 Å². The molecule has 1 heterocycles. The lowest BCUT2D eigenvalue weighted by molar-refractivity contribution is -0.143. The second-order valence-corrected chi connectivity index (χ2v) is 8.30. The van der Waals surface area contributed by atoms with Crippen LogP contribution in [0, 0.1) is 0 Å². The van der Waals surface area contributed by atoms with Crippen LogP contribution < -0.4 is 9.46 Å². The Hall–Kier alpha value is -2.10. The maximum Gasteiger partial charge on any atom is 0.335 e. The van der Waals surface area contributed by atoms with Crippen LogP contribution in [-0.4, -0.2) is 51.9 Å². The van der Waals surface area contributed by atoms with Gasteiger partial charge in [-0.25, -0.2) is 13.2 Å². The number of para-hydroxylation sites is 2. The molecule has 28 heavy (non-hydrogen) atoms. The highest BCUT2D eigenvalue weighted by atomic mass is 32.2. The minimum atomic E-state index is -3.95. The number of carbonyl (C=O) groups is 1. The first-order valence-electron chi connectivity index (χ1n) is 9.32. The summed E-state index contributed by atoms with van der Waals surface area (Å²) < 4.78 is 50.7. The van der Waals surface area contributed by atoms with Crippen molar-refractivity contribution >= 4 is 21.7 Å². The van der Waals surface area contributed by atoms with Gasteiger partial charge >= 0.3 is 5.97 Å². The van der Waals surface area contributed by atoms with E-state index in [-0.39, 0.29) is 18.6 Å². The molecule has 0 saturated carbocycles. The normalized spacial score (nSPS) is 21.2. The Morgan fingerprint density at radius 2 is 1.93 bits per heavy atom. The highest BCUT2D eigenvalue weighted by molar-refractivity contribution is 7.93. The topological polar surface area (TPSA) is 100 Å². The zero-order chi connectivity index (χ0) is 20.2. The predicted molar refractivity (Wildman–Crippen MR) is 103 cm³/mol. The molecule has 9 heteroatoms. The number of rotatable bonds is 7. The van der Waals surface area contributed by atoms with Gasteiger partial charge in [0.05, 0.1) is 37.7 Å². The average Bonchev–Trinajstić information content (AvgIpc) is 3.11. The number of esters is 1. The molecule has 1 N–H and O–H groups in total. The fourth-order valence-electron chi connectivity index (χ4n) is 3.37. The van der Waals surface area contributed by atoms with E-state index in [1.807, 2.05) is 6.92 Å². The van der Waals surface area contributed by atoms with Gasteiger partial charge in [-0.05, 0) is 38.5 Å². The highest BCUT2D eigenvalue weighted by Crippen LogP contribution is 2.38. The largest absolute Gasteiger partial charge is 0.492 e. The van der Waals surface area contributed by atoms with Crippen molar-refractivity contribution in [1.29, 1.82) is 0 Å². The summed E-state index contributed by atoms with van der Waals surface area (Å²) in [6.45, 7) is 4.80. The van der Waals surface area contributed by atoms with Gasteiger partial charge in [0.2, 0.25) is 10.0 Å². The molecule has 1 unspecified atom stereocenters. The second-order valence-electron chi connectivity index (χ2n) is 6.43. The number of hydrogen-bond acceptors (Lipinski definition) is 7. The Kier molecular flexibility index (Phi) is 6.26. The summed E-state index contributed by atoms with van der Waals surface area (Å²) in [7, 11) is -3.95. The summed E-state index contributed by atoms with van der Waals surface area (Å²) in [6, 6.07) is 6.76. The van der Waals surface area contributed by atoms with Gasteiger partial charge in [0.1, 0.15) is 11.0 Å². The van der Waals surface area contributed by atoms with E-state index in [0.29, 0.717) is 37.7 Å². The Bertz CT molecular complexity index is 844. The molecular formula is C19H25NO7S. The quantitative estimate of drug-likeness (QED) is 0.687. The monoisotopic (exact) mass is 411 g/mol. The van der Waals surface area contributed by atoms with E-state index in [2.05, 4.69) is 4.72 Å². The van der Waals surface area contributed by atoms with Crippen molar-refractivity contribution in [3.63, 3.8) is 0 Å². The van der Waals surface area contributed by atoms with E-state index in [4.69, 9.17) is 18.9 Å². The van der Waals surface area contributed by atoms with Crippen LogP contribution in [0.1, 0.15) is 26.7 Å². The van der Waals surface area contributed by atoms with Gasteiger partial charge in [-0.15, -0.1) is 0 Å². The maximum absolute atomic E-state index is 13.1. The SMILES string of the molecule is CCOC(=O)C1=CC2(CCC1S(=O)(=O)Nc1ccccc1OCC)OCCO2. The first-order chi connectivity index (χ1) is 13.4. The first kappa shape index (κ1) is 20.6. The Balaban J connectivity index is 1.92. The number of nitrogens with one attached hydrogen (secondary N) is 1. The second kappa shape index (κ2) is 8.50. The summed E-state index contributed by atoms with van der Waals surface area (Å²) in [5.41, 5.74) is 0.345. The van der Waals surface area contributed by atoms with Crippen LogP contribution in [0.15, 0.2) is 35.9 Å². The van der Waals surface area contributed by atoms with Crippen LogP contribution in [0.3, 0.4) is 0 Å². The first-order valence-corrected chi connectivity index (χ1v) is 10.9. The van der Waals surface area contributed by atoms with Crippen molar-refractivity contribution in [3.8, 4) is 5.75 Å². The number of benzene rings is 1. The van der Waals surface area contributed by atoms with E-state index in [1.54, 1.807) is 31.2 Å². The van der Waals surface area contributed by atoms with Gasteiger partial charge in [0.25, 0.3) is 0 Å². The smallest absolute Gasteiger partial charge is 0.335 e. The van der Waals surface area contributed by atoms with Crippen LogP contribution in [0.4, 0.5) is 5.69 Å². The fraction of sp³-hybridized carbons (Fsp3) is 0.526. The third kappa shape index (κ3) is 4.31. The van der Waals surface area contributed by atoms with Gasteiger partial charge in [0, 0.05) is 6.42 Å². The van der Waals surface area contributed by atoms with E-state index >= 15 is 0 Å². The summed E-state index contributed by atoms with van der Waals surface area (Å²) in [4.78, 5) is 12.5. The summed E-state index contributed by atoms with van der Waals surface area (Å²) in [5.74, 6) is -1.32. The minimum Gasteiger partial charge on any atom is -0.492 e. The standard InChI is InChI=1S/C19H25NO7S/c1-3-24-16-8-6-5-7-15(16)20-28(22,23)17-9-10-19(26-11-12-27-19)13-14(17)18(21)25-4-2/h5-8,13,17,20H,3-4,9-12H2,1-2H3. The van der Waals surface area contributed by atoms with E-state index in [0.717, 1.165) is 0 Å². The van der Waals surface area contributed by atoms with Gasteiger partial charge in [-0.2, -0.15) is 0 Å². The number of hydrogen-bond donors (Lipinski definition) is 1. The molecule has 0 bridgehead atoms. The lowest BCUT2D eigenvalue weighted by atomic mass is 9.94. The van der Waals surface area contributed by atoms with Gasteiger partial charge in [-0.1, -0.05) is 12.1 Å². The van der Waals surface area contributed by atoms with Crippen molar-refractivity contribution in [2.24, 2.45) is 0 Å². The number of anilines is 1. The molecule has 1 atom stereocenters. The number of ether oxygens (including phenoxy) is 4. The molecule has 1 aliphatic carbocycles. The van der Waals surface area contributed by atoms with Crippen LogP contribution in [0.2, 0.25) is 0 Å². The summed E-state index contributed by atoms with van der Waals surface area (Å²) >= 11 is 0. The number of sulfonamides is 1. The molecule has 1 aliphatic heterocycles. The molecule has 0 aromatic heterocycles. The average molecular weight is 411 g/mol. The van der Waals surface area contributed by atoms with E-state index < -0.39 is 27.0 Å². The third-order valence-electron chi connectivity index (χ3n) is 4.58. The predicted octanol–water partition coefficient (Wildman–Crippen LogP) is 2.22. The Morgan fingerprint density at radius 3 is 2.61 bits per heavy atom. The molecule has 0 amide bonds. The van der Waals surface area contributed by atoms with Crippen molar-refractivity contribution in [1.82, 2.24) is 0 Å². The maximum atomic E-state index is 13.1. The van der Waals surface area contributed by atoms with Crippen molar-refractivity contribution in [3.05, 3.63) is 35.9 Å². The molecule has 1 aromatic carbocycles. The van der Waals surface area contributed by atoms with Crippen LogP contribution >= 0.6 is 0 Å². The molecule has 1 saturated heterocycles. The molecule has 8 nitrogen and oxygen atoms in total. The molecule has 3 rings (SSSR count). The van der Waals surface area contributed by atoms with Crippen LogP contribution in [0.25, 0.3) is 0 Å². The summed E-state index contributed by atoms with van der Waals surface area (Å²) in [6.07, 6.45) is 1.95. The van der Waals surface area contributed by atoms with Gasteiger partial charge in [0.15, 0.2) is 5.79 Å². The Labute approximate surface area is 164 Å². The van der Waals surface area contributed by atoms with Crippen LogP contribution in [-0.2, 0) is 29.0 Å². The molecule has 1 spiro atoms. The molecular weight excluding hydrogens is 386 g/mol. The lowest BCUT2D eigenvalue weighted by Crippen LogP contribution is -2.42. The molecule has 1 fully saturated rings. The minimum absolute atomic E-state index is 0.0244. The molecule has 154 valence electrons.